The van der Waals surface area contributed by atoms with Crippen LogP contribution in [0.1, 0.15) is 51.4 Å². The van der Waals surface area contributed by atoms with E-state index in [0.29, 0.717) is 5.92 Å². The fourth-order valence-corrected chi connectivity index (χ4v) is 3.18. The van der Waals surface area contributed by atoms with Gasteiger partial charge in [-0.1, -0.05) is 18.1 Å². The molecule has 2 aliphatic rings. The number of guanidine groups is 1. The second-order valence-corrected chi connectivity index (χ2v) is 6.00. The van der Waals surface area contributed by atoms with Crippen molar-refractivity contribution in [2.75, 3.05) is 20.1 Å². The smallest absolute Gasteiger partial charge is 0.190 e. The Morgan fingerprint density at radius 3 is 2.76 bits per heavy atom. The molecular formula is C16H30IN3O. The minimum atomic E-state index is -0.131. The van der Waals surface area contributed by atoms with Gasteiger partial charge in [0.2, 0.25) is 0 Å². The number of aliphatic hydroxyl groups is 1. The fourth-order valence-electron chi connectivity index (χ4n) is 3.18. The predicted molar refractivity (Wildman–Crippen MR) is 99.3 cm³/mol. The van der Waals surface area contributed by atoms with E-state index in [9.17, 15) is 5.11 Å². The van der Waals surface area contributed by atoms with E-state index in [-0.39, 0.29) is 30.1 Å². The fraction of sp³-hybridized carbons (Fsp3) is 0.812. The molecule has 4 nitrogen and oxygen atoms in total. The molecule has 2 unspecified atom stereocenters. The quantitative estimate of drug-likeness (QED) is 0.284. The van der Waals surface area contributed by atoms with Gasteiger partial charge in [-0.2, -0.15) is 0 Å². The summed E-state index contributed by atoms with van der Waals surface area (Å²) >= 11 is 0. The zero-order valence-electron chi connectivity index (χ0n) is 13.1. The summed E-state index contributed by atoms with van der Waals surface area (Å²) < 4.78 is 0. The van der Waals surface area contributed by atoms with E-state index in [0.717, 1.165) is 44.7 Å². The largest absolute Gasteiger partial charge is 0.393 e. The van der Waals surface area contributed by atoms with Gasteiger partial charge in [-0.15, -0.1) is 24.0 Å². The second-order valence-electron chi connectivity index (χ2n) is 6.00. The third-order valence-corrected chi connectivity index (χ3v) is 4.50. The van der Waals surface area contributed by atoms with Crippen molar-refractivity contribution in [2.45, 2.75) is 57.5 Å². The van der Waals surface area contributed by atoms with E-state index in [1.54, 1.807) is 12.6 Å². The molecule has 0 spiro atoms. The highest BCUT2D eigenvalue weighted by Crippen LogP contribution is 2.24. The Labute approximate surface area is 145 Å². The summed E-state index contributed by atoms with van der Waals surface area (Å²) in [4.78, 5) is 4.25. The van der Waals surface area contributed by atoms with Gasteiger partial charge >= 0.3 is 0 Å². The Kier molecular flexibility index (Phi) is 9.31. The molecule has 3 N–H and O–H groups in total. The summed E-state index contributed by atoms with van der Waals surface area (Å²) in [6.07, 6.45) is 11.8. The number of aliphatic imine (C=N–C) groups is 1. The zero-order valence-corrected chi connectivity index (χ0v) is 15.4. The molecule has 0 heterocycles. The van der Waals surface area contributed by atoms with Crippen molar-refractivity contribution in [3.8, 4) is 0 Å². The maximum Gasteiger partial charge on any atom is 0.190 e. The number of hydrogen-bond acceptors (Lipinski definition) is 2. The van der Waals surface area contributed by atoms with Gasteiger partial charge in [0.05, 0.1) is 6.10 Å². The molecule has 0 radical (unpaired) electrons. The lowest BCUT2D eigenvalue weighted by molar-refractivity contribution is 0.134. The Morgan fingerprint density at radius 2 is 2.14 bits per heavy atom. The van der Waals surface area contributed by atoms with E-state index in [1.807, 2.05) is 0 Å². The van der Waals surface area contributed by atoms with Gasteiger partial charge in [0.1, 0.15) is 0 Å². The first-order chi connectivity index (χ1) is 9.79. The number of aliphatic hydroxyl groups excluding tert-OH is 1. The van der Waals surface area contributed by atoms with Gasteiger partial charge < -0.3 is 15.7 Å². The van der Waals surface area contributed by atoms with Crippen molar-refractivity contribution in [2.24, 2.45) is 10.9 Å². The van der Waals surface area contributed by atoms with Crippen LogP contribution in [0.15, 0.2) is 16.6 Å². The monoisotopic (exact) mass is 407 g/mol. The van der Waals surface area contributed by atoms with E-state index in [2.05, 4.69) is 21.7 Å². The average molecular weight is 407 g/mol. The van der Waals surface area contributed by atoms with Crippen molar-refractivity contribution in [3.63, 3.8) is 0 Å². The summed E-state index contributed by atoms with van der Waals surface area (Å²) in [5.41, 5.74) is 1.59. The standard InChI is InChI=1S/C16H29N3O.HI/c1-17-16(19-12-14-8-5-9-15(14)20)18-11-10-13-6-3-2-4-7-13;/h6,14-15,20H,2-5,7-12H2,1H3,(H2,17,18,19);1H. The highest BCUT2D eigenvalue weighted by Gasteiger charge is 2.24. The molecule has 0 aromatic carbocycles. The lowest BCUT2D eigenvalue weighted by Crippen LogP contribution is -2.41. The van der Waals surface area contributed by atoms with Crippen molar-refractivity contribution in [1.29, 1.82) is 0 Å². The first kappa shape index (κ1) is 18.7. The van der Waals surface area contributed by atoms with E-state index in [4.69, 9.17) is 0 Å². The van der Waals surface area contributed by atoms with Gasteiger partial charge in [0, 0.05) is 26.1 Å². The molecule has 0 saturated heterocycles. The van der Waals surface area contributed by atoms with Crippen LogP contribution < -0.4 is 10.6 Å². The highest BCUT2D eigenvalue weighted by molar-refractivity contribution is 14.0. The van der Waals surface area contributed by atoms with Crippen LogP contribution in [0.2, 0.25) is 0 Å². The molecule has 0 aromatic heterocycles. The molecule has 0 aromatic rings. The highest BCUT2D eigenvalue weighted by atomic mass is 127. The minimum absolute atomic E-state index is 0. The molecule has 5 heteroatoms. The van der Waals surface area contributed by atoms with E-state index in [1.165, 1.54) is 25.7 Å². The molecule has 0 aliphatic heterocycles. The van der Waals surface area contributed by atoms with Gasteiger partial charge in [-0.3, -0.25) is 4.99 Å². The first-order valence-electron chi connectivity index (χ1n) is 8.10. The molecule has 21 heavy (non-hydrogen) atoms. The van der Waals surface area contributed by atoms with Crippen LogP contribution in [0.25, 0.3) is 0 Å². The van der Waals surface area contributed by atoms with Crippen LogP contribution in [0.3, 0.4) is 0 Å². The van der Waals surface area contributed by atoms with Gasteiger partial charge in [0.15, 0.2) is 5.96 Å². The van der Waals surface area contributed by atoms with Crippen LogP contribution in [-0.4, -0.2) is 37.3 Å². The number of hydrogen-bond donors (Lipinski definition) is 3. The van der Waals surface area contributed by atoms with Crippen LogP contribution in [0, 0.1) is 5.92 Å². The van der Waals surface area contributed by atoms with Crippen LogP contribution >= 0.6 is 24.0 Å². The normalized spacial score (nSPS) is 26.0. The second kappa shape index (κ2) is 10.4. The molecular weight excluding hydrogens is 377 g/mol. The SMILES string of the molecule is CN=C(NCCC1=CCCCC1)NCC1CCCC1O.I. The molecule has 1 fully saturated rings. The summed E-state index contributed by atoms with van der Waals surface area (Å²) in [6.45, 7) is 1.77. The average Bonchev–Trinajstić information content (AvgIpc) is 2.89. The lowest BCUT2D eigenvalue weighted by Gasteiger charge is -2.18. The molecule has 0 amide bonds. The van der Waals surface area contributed by atoms with E-state index >= 15 is 0 Å². The number of halogens is 1. The van der Waals surface area contributed by atoms with Gasteiger partial charge in [-0.05, 0) is 44.9 Å². The lowest BCUT2D eigenvalue weighted by atomic mass is 9.97. The predicted octanol–water partition coefficient (Wildman–Crippen LogP) is 2.82. The number of rotatable bonds is 5. The van der Waals surface area contributed by atoms with Crippen molar-refractivity contribution >= 4 is 29.9 Å². The van der Waals surface area contributed by atoms with Gasteiger partial charge in [-0.25, -0.2) is 0 Å². The van der Waals surface area contributed by atoms with Crippen LogP contribution in [-0.2, 0) is 0 Å². The summed E-state index contributed by atoms with van der Waals surface area (Å²) in [6, 6.07) is 0. The molecule has 2 aliphatic carbocycles. The Morgan fingerprint density at radius 1 is 1.29 bits per heavy atom. The third-order valence-electron chi connectivity index (χ3n) is 4.50. The summed E-state index contributed by atoms with van der Waals surface area (Å²) in [7, 11) is 1.81. The van der Waals surface area contributed by atoms with Gasteiger partial charge in [0.25, 0.3) is 0 Å². The summed E-state index contributed by atoms with van der Waals surface area (Å²) in [5, 5.41) is 16.5. The van der Waals surface area contributed by atoms with Crippen molar-refractivity contribution in [1.82, 2.24) is 10.6 Å². The van der Waals surface area contributed by atoms with Crippen molar-refractivity contribution in [3.05, 3.63) is 11.6 Å². The molecule has 2 atom stereocenters. The Hall–Kier alpha value is -0.300. The number of allylic oxidation sites excluding steroid dienone is 1. The molecule has 1 saturated carbocycles. The van der Waals surface area contributed by atoms with Crippen molar-refractivity contribution < 1.29 is 5.11 Å². The maximum absolute atomic E-state index is 9.81. The van der Waals surface area contributed by atoms with Crippen LogP contribution in [0.5, 0.6) is 0 Å². The number of nitrogens with zero attached hydrogens (tertiary/aromatic N) is 1. The molecule has 2 rings (SSSR count). The van der Waals surface area contributed by atoms with Crippen LogP contribution in [0.4, 0.5) is 0 Å². The molecule has 0 bridgehead atoms. The minimum Gasteiger partial charge on any atom is -0.393 e. The Balaban J connectivity index is 0.00000220. The molecule has 122 valence electrons. The maximum atomic E-state index is 9.81. The zero-order chi connectivity index (χ0) is 14.2. The third kappa shape index (κ3) is 6.55. The Bertz CT molecular complexity index is 357. The van der Waals surface area contributed by atoms with E-state index < -0.39 is 0 Å². The first-order valence-corrected chi connectivity index (χ1v) is 8.10. The number of nitrogens with one attached hydrogen (secondary N) is 2. The topological polar surface area (TPSA) is 56.7 Å². The summed E-state index contributed by atoms with van der Waals surface area (Å²) in [5.74, 6) is 1.25.